The molecule has 0 aromatic carbocycles. The molecule has 0 N–H and O–H groups in total. The van der Waals surface area contributed by atoms with Crippen molar-refractivity contribution in [3.8, 4) is 0 Å². The SMILES string of the molecule is CCCCCCCCSC=C1CC=CCC1. The summed E-state index contributed by atoms with van der Waals surface area (Å²) >= 11 is 2.03. The third-order valence-electron chi connectivity index (χ3n) is 3.04. The zero-order chi connectivity index (χ0) is 11.5. The van der Waals surface area contributed by atoms with Gasteiger partial charge in [0.05, 0.1) is 0 Å². The molecule has 1 aliphatic rings. The van der Waals surface area contributed by atoms with Crippen molar-refractivity contribution in [3.05, 3.63) is 23.1 Å². The molecule has 0 amide bonds. The van der Waals surface area contributed by atoms with E-state index in [1.54, 1.807) is 5.57 Å². The van der Waals surface area contributed by atoms with Crippen molar-refractivity contribution < 1.29 is 0 Å². The average molecular weight is 238 g/mol. The molecule has 0 fully saturated rings. The first-order chi connectivity index (χ1) is 7.93. The molecule has 1 heteroatoms. The van der Waals surface area contributed by atoms with Crippen LogP contribution in [0.4, 0.5) is 0 Å². The minimum absolute atomic E-state index is 1.20. The Kier molecular flexibility index (Phi) is 8.70. The second-order valence-corrected chi connectivity index (χ2v) is 5.61. The monoisotopic (exact) mass is 238 g/mol. The molecule has 0 aliphatic heterocycles. The summed E-state index contributed by atoms with van der Waals surface area (Å²) in [5.41, 5.74) is 1.64. The van der Waals surface area contributed by atoms with Crippen LogP contribution in [-0.4, -0.2) is 5.75 Å². The highest BCUT2D eigenvalue weighted by Gasteiger charge is 1.98. The lowest BCUT2D eigenvalue weighted by atomic mass is 10.0. The number of allylic oxidation sites excluding steroid dienone is 3. The zero-order valence-electron chi connectivity index (χ0n) is 10.7. The number of thioether (sulfide) groups is 1. The van der Waals surface area contributed by atoms with Crippen LogP contribution in [-0.2, 0) is 0 Å². The molecule has 0 unspecified atom stereocenters. The largest absolute Gasteiger partial charge is 0.134 e. The van der Waals surface area contributed by atoms with Gasteiger partial charge in [-0.1, -0.05) is 56.8 Å². The van der Waals surface area contributed by atoms with Crippen molar-refractivity contribution in [2.75, 3.05) is 5.75 Å². The number of rotatable bonds is 8. The van der Waals surface area contributed by atoms with Gasteiger partial charge in [0.1, 0.15) is 0 Å². The molecule has 16 heavy (non-hydrogen) atoms. The van der Waals surface area contributed by atoms with E-state index in [4.69, 9.17) is 0 Å². The van der Waals surface area contributed by atoms with Gasteiger partial charge in [0.15, 0.2) is 0 Å². The van der Waals surface area contributed by atoms with Gasteiger partial charge in [0.25, 0.3) is 0 Å². The lowest BCUT2D eigenvalue weighted by Gasteiger charge is -2.07. The summed E-state index contributed by atoms with van der Waals surface area (Å²) in [6.07, 6.45) is 16.8. The van der Waals surface area contributed by atoms with Gasteiger partial charge in [-0.2, -0.15) is 0 Å². The Morgan fingerprint density at radius 2 is 1.94 bits per heavy atom. The van der Waals surface area contributed by atoms with Gasteiger partial charge in [-0.3, -0.25) is 0 Å². The molecular weight excluding hydrogens is 212 g/mol. The van der Waals surface area contributed by atoms with Crippen molar-refractivity contribution in [2.24, 2.45) is 0 Å². The molecule has 0 aromatic rings. The Balaban J connectivity index is 1.89. The molecule has 0 heterocycles. The fourth-order valence-electron chi connectivity index (χ4n) is 1.97. The summed E-state index contributed by atoms with van der Waals surface area (Å²) in [5, 5.41) is 2.41. The summed E-state index contributed by atoms with van der Waals surface area (Å²) in [4.78, 5) is 0. The van der Waals surface area contributed by atoms with Crippen LogP contribution in [0.5, 0.6) is 0 Å². The fourth-order valence-corrected chi connectivity index (χ4v) is 2.91. The van der Waals surface area contributed by atoms with Gasteiger partial charge in [0.2, 0.25) is 0 Å². The van der Waals surface area contributed by atoms with Crippen LogP contribution in [0.1, 0.15) is 64.7 Å². The van der Waals surface area contributed by atoms with Gasteiger partial charge in [-0.15, -0.1) is 11.8 Å². The zero-order valence-corrected chi connectivity index (χ0v) is 11.5. The maximum Gasteiger partial charge on any atom is -0.00260 e. The summed E-state index contributed by atoms with van der Waals surface area (Å²) < 4.78 is 0. The van der Waals surface area contributed by atoms with Gasteiger partial charge < -0.3 is 0 Å². The predicted molar refractivity (Wildman–Crippen MR) is 76.9 cm³/mol. The van der Waals surface area contributed by atoms with Crippen molar-refractivity contribution in [3.63, 3.8) is 0 Å². The maximum atomic E-state index is 2.41. The molecule has 0 bridgehead atoms. The minimum Gasteiger partial charge on any atom is -0.134 e. The number of hydrogen-bond donors (Lipinski definition) is 0. The molecule has 0 nitrogen and oxygen atoms in total. The molecule has 0 radical (unpaired) electrons. The van der Waals surface area contributed by atoms with E-state index in [-0.39, 0.29) is 0 Å². The molecule has 0 aromatic heterocycles. The first-order valence-corrected chi connectivity index (χ1v) is 7.93. The molecule has 0 spiro atoms. The van der Waals surface area contributed by atoms with E-state index in [2.05, 4.69) is 24.5 Å². The lowest BCUT2D eigenvalue weighted by Crippen LogP contribution is -1.87. The van der Waals surface area contributed by atoms with Gasteiger partial charge in [-0.05, 0) is 36.8 Å². The van der Waals surface area contributed by atoms with Crippen molar-refractivity contribution in [1.82, 2.24) is 0 Å². The molecule has 0 saturated heterocycles. The molecule has 0 saturated carbocycles. The van der Waals surface area contributed by atoms with Crippen LogP contribution < -0.4 is 0 Å². The molecule has 0 atom stereocenters. The first kappa shape index (κ1) is 13.9. The van der Waals surface area contributed by atoms with E-state index in [1.807, 2.05) is 11.8 Å². The smallest absolute Gasteiger partial charge is 0.00260 e. The van der Waals surface area contributed by atoms with Crippen molar-refractivity contribution in [2.45, 2.75) is 64.7 Å². The Morgan fingerprint density at radius 3 is 2.69 bits per heavy atom. The Morgan fingerprint density at radius 1 is 1.12 bits per heavy atom. The first-order valence-electron chi connectivity index (χ1n) is 6.88. The third kappa shape index (κ3) is 7.16. The highest BCUT2D eigenvalue weighted by atomic mass is 32.2. The third-order valence-corrected chi connectivity index (χ3v) is 4.07. The van der Waals surface area contributed by atoms with Gasteiger partial charge in [-0.25, -0.2) is 0 Å². The molecule has 92 valence electrons. The molecule has 1 aliphatic carbocycles. The quantitative estimate of drug-likeness (QED) is 0.386. The highest BCUT2D eigenvalue weighted by molar-refractivity contribution is 8.02. The normalized spacial score (nSPS) is 18.2. The maximum absolute atomic E-state index is 2.41. The summed E-state index contributed by atoms with van der Waals surface area (Å²) in [6.45, 7) is 2.28. The van der Waals surface area contributed by atoms with E-state index in [0.717, 1.165) is 0 Å². The predicted octanol–water partition coefficient (Wildman–Crippen LogP) is 5.70. The van der Waals surface area contributed by atoms with Crippen molar-refractivity contribution in [1.29, 1.82) is 0 Å². The Labute approximate surface area is 106 Å². The average Bonchev–Trinajstić information content (AvgIpc) is 2.34. The summed E-state index contributed by atoms with van der Waals surface area (Å²) in [5.74, 6) is 1.32. The van der Waals surface area contributed by atoms with E-state index in [1.165, 1.54) is 63.5 Å². The van der Waals surface area contributed by atoms with Crippen LogP contribution in [0.3, 0.4) is 0 Å². The van der Waals surface area contributed by atoms with Gasteiger partial charge >= 0.3 is 0 Å². The van der Waals surface area contributed by atoms with Crippen LogP contribution in [0.2, 0.25) is 0 Å². The van der Waals surface area contributed by atoms with E-state index in [9.17, 15) is 0 Å². The van der Waals surface area contributed by atoms with E-state index >= 15 is 0 Å². The van der Waals surface area contributed by atoms with Crippen LogP contribution in [0.15, 0.2) is 23.1 Å². The summed E-state index contributed by atoms with van der Waals surface area (Å²) in [7, 11) is 0. The second kappa shape index (κ2) is 10.0. The molecule has 1 rings (SSSR count). The Bertz CT molecular complexity index is 215. The minimum atomic E-state index is 1.20. The second-order valence-electron chi connectivity index (χ2n) is 4.63. The standard InChI is InChI=1S/C15H26S/c1-2-3-4-5-6-10-13-16-14-15-11-8-7-9-12-15/h7-8,14H,2-6,9-13H2,1H3. The van der Waals surface area contributed by atoms with Crippen molar-refractivity contribution >= 4 is 11.8 Å². The van der Waals surface area contributed by atoms with Crippen LogP contribution in [0, 0.1) is 0 Å². The van der Waals surface area contributed by atoms with E-state index < -0.39 is 0 Å². The van der Waals surface area contributed by atoms with Crippen LogP contribution in [0.25, 0.3) is 0 Å². The number of unbranched alkanes of at least 4 members (excludes halogenated alkanes) is 5. The fraction of sp³-hybridized carbons (Fsp3) is 0.733. The van der Waals surface area contributed by atoms with Gasteiger partial charge in [0, 0.05) is 0 Å². The molecular formula is C15H26S. The lowest BCUT2D eigenvalue weighted by molar-refractivity contribution is 0.627. The van der Waals surface area contributed by atoms with E-state index in [0.29, 0.717) is 0 Å². The number of hydrogen-bond acceptors (Lipinski definition) is 1. The Hall–Kier alpha value is -0.170. The highest BCUT2D eigenvalue weighted by Crippen LogP contribution is 2.21. The summed E-state index contributed by atoms with van der Waals surface area (Å²) in [6, 6.07) is 0. The van der Waals surface area contributed by atoms with Crippen LogP contribution >= 0.6 is 11.8 Å². The topological polar surface area (TPSA) is 0 Å².